The molecule has 0 saturated carbocycles. The molecule has 2 rings (SSSR count). The van der Waals surface area contributed by atoms with Crippen LogP contribution in [0.1, 0.15) is 10.4 Å². The van der Waals surface area contributed by atoms with E-state index in [1.54, 1.807) is 44.4 Å². The lowest BCUT2D eigenvalue weighted by molar-refractivity contribution is 0.0773. The first kappa shape index (κ1) is 18.1. The van der Waals surface area contributed by atoms with E-state index in [0.29, 0.717) is 30.2 Å². The summed E-state index contributed by atoms with van der Waals surface area (Å²) in [5.41, 5.74) is 0.511. The fraction of sp³-hybridized carbons (Fsp3) is 0.278. The molecular weight excluding hydrogens is 374 g/mol. The van der Waals surface area contributed by atoms with Crippen LogP contribution in [0, 0.1) is 0 Å². The van der Waals surface area contributed by atoms with Gasteiger partial charge in [0.05, 0.1) is 20.8 Å². The fourth-order valence-corrected chi connectivity index (χ4v) is 2.35. The van der Waals surface area contributed by atoms with Gasteiger partial charge in [-0.1, -0.05) is 15.9 Å². The summed E-state index contributed by atoms with van der Waals surface area (Å²) in [6, 6.07) is 12.7. The lowest BCUT2D eigenvalue weighted by atomic mass is 10.1. The standard InChI is InChI=1S/C18H20BrNO4/c1-20(8-9-24-15-6-4-14(19)5-7-15)18(21)13-10-16(22-2)12-17(11-13)23-3/h4-7,10-12H,8-9H2,1-3H3. The molecule has 1 amide bonds. The molecule has 0 radical (unpaired) electrons. The van der Waals surface area contributed by atoms with Crippen molar-refractivity contribution in [1.29, 1.82) is 0 Å². The highest BCUT2D eigenvalue weighted by molar-refractivity contribution is 9.10. The van der Waals surface area contributed by atoms with E-state index in [-0.39, 0.29) is 5.91 Å². The molecule has 0 saturated heterocycles. The number of methoxy groups -OCH3 is 2. The van der Waals surface area contributed by atoms with Crippen LogP contribution in [0.25, 0.3) is 0 Å². The molecule has 0 heterocycles. The Bertz CT molecular complexity index is 666. The average Bonchev–Trinajstić information content (AvgIpc) is 2.62. The van der Waals surface area contributed by atoms with Gasteiger partial charge in [-0.2, -0.15) is 0 Å². The van der Waals surface area contributed by atoms with Crippen molar-refractivity contribution in [2.75, 3.05) is 34.4 Å². The van der Waals surface area contributed by atoms with Crippen molar-refractivity contribution < 1.29 is 19.0 Å². The number of rotatable bonds is 7. The molecule has 0 aliphatic heterocycles. The summed E-state index contributed by atoms with van der Waals surface area (Å²) < 4.78 is 17.0. The van der Waals surface area contributed by atoms with E-state index in [2.05, 4.69) is 15.9 Å². The number of benzene rings is 2. The molecule has 0 N–H and O–H groups in total. The number of nitrogens with zero attached hydrogens (tertiary/aromatic N) is 1. The first-order chi connectivity index (χ1) is 11.5. The number of likely N-dealkylation sites (N-methyl/N-ethyl adjacent to an activating group) is 1. The molecule has 0 unspecified atom stereocenters. The van der Waals surface area contributed by atoms with Crippen LogP contribution < -0.4 is 14.2 Å². The highest BCUT2D eigenvalue weighted by Crippen LogP contribution is 2.23. The maximum atomic E-state index is 12.5. The minimum atomic E-state index is -0.119. The van der Waals surface area contributed by atoms with Gasteiger partial charge < -0.3 is 19.1 Å². The number of halogens is 1. The fourth-order valence-electron chi connectivity index (χ4n) is 2.08. The van der Waals surface area contributed by atoms with E-state index in [9.17, 15) is 4.79 Å². The van der Waals surface area contributed by atoms with Crippen molar-refractivity contribution in [1.82, 2.24) is 4.90 Å². The zero-order valence-corrected chi connectivity index (χ0v) is 15.5. The lowest BCUT2D eigenvalue weighted by Gasteiger charge is -2.18. The average molecular weight is 394 g/mol. The van der Waals surface area contributed by atoms with Crippen molar-refractivity contribution in [2.45, 2.75) is 0 Å². The van der Waals surface area contributed by atoms with Crippen LogP contribution in [0.3, 0.4) is 0 Å². The van der Waals surface area contributed by atoms with E-state index >= 15 is 0 Å². The summed E-state index contributed by atoms with van der Waals surface area (Å²) in [5, 5.41) is 0. The second-order valence-corrected chi connectivity index (χ2v) is 6.05. The summed E-state index contributed by atoms with van der Waals surface area (Å²) >= 11 is 3.38. The number of carbonyl (C=O) groups excluding carboxylic acids is 1. The number of ether oxygens (including phenoxy) is 3. The quantitative estimate of drug-likeness (QED) is 0.720. The van der Waals surface area contributed by atoms with E-state index in [1.165, 1.54) is 0 Å². The third-order valence-electron chi connectivity index (χ3n) is 3.45. The molecule has 2 aromatic rings. The summed E-state index contributed by atoms with van der Waals surface area (Å²) in [6.45, 7) is 0.874. The summed E-state index contributed by atoms with van der Waals surface area (Å²) in [4.78, 5) is 14.1. The second kappa shape index (κ2) is 8.59. The molecule has 0 fully saturated rings. The summed E-state index contributed by atoms with van der Waals surface area (Å²) in [7, 11) is 4.84. The Kier molecular flexibility index (Phi) is 6.49. The minimum absolute atomic E-state index is 0.119. The Balaban J connectivity index is 1.95. The summed E-state index contributed by atoms with van der Waals surface area (Å²) in [5.74, 6) is 1.81. The Labute approximate surface area is 150 Å². The second-order valence-electron chi connectivity index (χ2n) is 5.13. The molecule has 24 heavy (non-hydrogen) atoms. The monoisotopic (exact) mass is 393 g/mol. The molecule has 5 nitrogen and oxygen atoms in total. The van der Waals surface area contributed by atoms with Gasteiger partial charge in [0.1, 0.15) is 23.9 Å². The highest BCUT2D eigenvalue weighted by atomic mass is 79.9. The van der Waals surface area contributed by atoms with Crippen molar-refractivity contribution >= 4 is 21.8 Å². The SMILES string of the molecule is COc1cc(OC)cc(C(=O)N(C)CCOc2ccc(Br)cc2)c1. The van der Waals surface area contributed by atoms with Crippen molar-refractivity contribution in [2.24, 2.45) is 0 Å². The lowest BCUT2D eigenvalue weighted by Crippen LogP contribution is -2.30. The van der Waals surface area contributed by atoms with Gasteiger partial charge in [-0.15, -0.1) is 0 Å². The minimum Gasteiger partial charge on any atom is -0.497 e. The molecule has 128 valence electrons. The predicted octanol–water partition coefficient (Wildman–Crippen LogP) is 3.62. The molecule has 0 bridgehead atoms. The molecule has 0 aliphatic carbocycles. The maximum Gasteiger partial charge on any atom is 0.253 e. The van der Waals surface area contributed by atoms with Crippen molar-refractivity contribution in [3.05, 3.63) is 52.5 Å². The van der Waals surface area contributed by atoms with E-state index < -0.39 is 0 Å². The molecule has 0 aromatic heterocycles. The van der Waals surface area contributed by atoms with Gasteiger partial charge in [0, 0.05) is 23.2 Å². The zero-order valence-electron chi connectivity index (χ0n) is 13.9. The maximum absolute atomic E-state index is 12.5. The highest BCUT2D eigenvalue weighted by Gasteiger charge is 2.14. The summed E-state index contributed by atoms with van der Waals surface area (Å²) in [6.07, 6.45) is 0. The number of carbonyl (C=O) groups is 1. The molecule has 2 aromatic carbocycles. The first-order valence-corrected chi connectivity index (χ1v) is 8.19. The van der Waals surface area contributed by atoms with Gasteiger partial charge in [-0.05, 0) is 36.4 Å². The molecular formula is C18H20BrNO4. The number of hydrogen-bond donors (Lipinski definition) is 0. The first-order valence-electron chi connectivity index (χ1n) is 7.40. The van der Waals surface area contributed by atoms with Crippen LogP contribution in [0.4, 0.5) is 0 Å². The van der Waals surface area contributed by atoms with Crippen LogP contribution in [-0.4, -0.2) is 45.2 Å². The van der Waals surface area contributed by atoms with Crippen molar-refractivity contribution in [3.8, 4) is 17.2 Å². The third kappa shape index (κ3) is 4.89. The largest absolute Gasteiger partial charge is 0.497 e. The van der Waals surface area contributed by atoms with E-state index in [1.807, 2.05) is 24.3 Å². The number of amides is 1. The van der Waals surface area contributed by atoms with Crippen LogP contribution >= 0.6 is 15.9 Å². The van der Waals surface area contributed by atoms with E-state index in [4.69, 9.17) is 14.2 Å². The van der Waals surface area contributed by atoms with Gasteiger partial charge in [0.2, 0.25) is 0 Å². The zero-order chi connectivity index (χ0) is 17.5. The Morgan fingerprint density at radius 3 is 2.12 bits per heavy atom. The van der Waals surface area contributed by atoms with Gasteiger partial charge >= 0.3 is 0 Å². The predicted molar refractivity (Wildman–Crippen MR) is 96.1 cm³/mol. The molecule has 0 spiro atoms. The van der Waals surface area contributed by atoms with Crippen LogP contribution in [-0.2, 0) is 0 Å². The van der Waals surface area contributed by atoms with Gasteiger partial charge in [0.15, 0.2) is 0 Å². The Hall–Kier alpha value is -2.21. The van der Waals surface area contributed by atoms with Gasteiger partial charge in [-0.3, -0.25) is 4.79 Å². The molecule has 6 heteroatoms. The Morgan fingerprint density at radius 1 is 1.00 bits per heavy atom. The van der Waals surface area contributed by atoms with Crippen LogP contribution in [0.15, 0.2) is 46.9 Å². The normalized spacial score (nSPS) is 10.2. The van der Waals surface area contributed by atoms with E-state index in [0.717, 1.165) is 10.2 Å². The van der Waals surface area contributed by atoms with Crippen molar-refractivity contribution in [3.63, 3.8) is 0 Å². The van der Waals surface area contributed by atoms with Gasteiger partial charge in [-0.25, -0.2) is 0 Å². The Morgan fingerprint density at radius 2 is 1.58 bits per heavy atom. The van der Waals surface area contributed by atoms with Crippen LogP contribution in [0.5, 0.6) is 17.2 Å². The molecule has 0 atom stereocenters. The van der Waals surface area contributed by atoms with Gasteiger partial charge in [0.25, 0.3) is 5.91 Å². The smallest absolute Gasteiger partial charge is 0.253 e. The van der Waals surface area contributed by atoms with Crippen LogP contribution in [0.2, 0.25) is 0 Å². The molecule has 0 aliphatic rings. The topological polar surface area (TPSA) is 48.0 Å². The number of hydrogen-bond acceptors (Lipinski definition) is 4. The third-order valence-corrected chi connectivity index (χ3v) is 3.98.